The smallest absolute Gasteiger partial charge is 0.407 e. The highest BCUT2D eigenvalue weighted by Gasteiger charge is 2.23. The second-order valence-electron chi connectivity index (χ2n) is 6.82. The summed E-state index contributed by atoms with van der Waals surface area (Å²) in [5.74, 6) is -0.372. The number of benzene rings is 1. The Bertz CT molecular complexity index is 549. The molecule has 134 valence electrons. The van der Waals surface area contributed by atoms with E-state index in [1.807, 2.05) is 38.1 Å². The SMILES string of the molecule is COC(=O)C(NCC(C)NC(=O)OC(C)(C)C)c1ccc(C)cc1. The molecule has 0 aliphatic rings. The summed E-state index contributed by atoms with van der Waals surface area (Å²) in [4.78, 5) is 23.8. The van der Waals surface area contributed by atoms with Gasteiger partial charge in [-0.2, -0.15) is 0 Å². The van der Waals surface area contributed by atoms with Crippen LogP contribution in [0.15, 0.2) is 24.3 Å². The third-order valence-electron chi connectivity index (χ3n) is 3.24. The normalized spacial score (nSPS) is 13.8. The molecule has 1 amide bonds. The molecule has 0 saturated heterocycles. The van der Waals surface area contributed by atoms with Crippen molar-refractivity contribution < 1.29 is 19.1 Å². The molecule has 1 aromatic carbocycles. The van der Waals surface area contributed by atoms with Gasteiger partial charge >= 0.3 is 12.1 Å². The number of esters is 1. The van der Waals surface area contributed by atoms with E-state index in [1.165, 1.54) is 7.11 Å². The van der Waals surface area contributed by atoms with Crippen LogP contribution in [-0.2, 0) is 14.3 Å². The summed E-state index contributed by atoms with van der Waals surface area (Å²) in [6.07, 6.45) is -0.484. The zero-order valence-corrected chi connectivity index (χ0v) is 15.3. The Labute approximate surface area is 143 Å². The average molecular weight is 336 g/mol. The summed E-state index contributed by atoms with van der Waals surface area (Å²) < 4.78 is 10.1. The Morgan fingerprint density at radius 3 is 2.25 bits per heavy atom. The number of hydrogen-bond acceptors (Lipinski definition) is 5. The van der Waals surface area contributed by atoms with Gasteiger partial charge in [-0.25, -0.2) is 9.59 Å². The lowest BCUT2D eigenvalue weighted by Gasteiger charge is -2.23. The van der Waals surface area contributed by atoms with Crippen molar-refractivity contribution in [2.24, 2.45) is 0 Å². The summed E-state index contributed by atoms with van der Waals surface area (Å²) in [6.45, 7) is 9.63. The fraction of sp³-hybridized carbons (Fsp3) is 0.556. The fourth-order valence-electron chi connectivity index (χ4n) is 2.07. The number of methoxy groups -OCH3 is 1. The van der Waals surface area contributed by atoms with Crippen LogP contribution in [0.4, 0.5) is 4.79 Å². The largest absolute Gasteiger partial charge is 0.468 e. The fourth-order valence-corrected chi connectivity index (χ4v) is 2.07. The Morgan fingerprint density at radius 2 is 1.75 bits per heavy atom. The van der Waals surface area contributed by atoms with Crippen molar-refractivity contribution in [2.75, 3.05) is 13.7 Å². The Balaban J connectivity index is 2.63. The predicted octanol–water partition coefficient (Wildman–Crippen LogP) is 2.71. The molecule has 0 radical (unpaired) electrons. The number of alkyl carbamates (subject to hydrolysis) is 1. The molecule has 0 spiro atoms. The summed E-state index contributed by atoms with van der Waals surface area (Å²) >= 11 is 0. The highest BCUT2D eigenvalue weighted by atomic mass is 16.6. The molecule has 2 atom stereocenters. The van der Waals surface area contributed by atoms with Crippen molar-refractivity contribution in [3.8, 4) is 0 Å². The molecule has 0 heterocycles. The van der Waals surface area contributed by atoms with Gasteiger partial charge in [0.05, 0.1) is 7.11 Å². The van der Waals surface area contributed by atoms with Gasteiger partial charge in [0.1, 0.15) is 11.6 Å². The predicted molar refractivity (Wildman–Crippen MR) is 92.8 cm³/mol. The molecule has 0 saturated carbocycles. The second kappa shape index (κ2) is 8.68. The number of aryl methyl sites for hydroxylation is 1. The quantitative estimate of drug-likeness (QED) is 0.781. The van der Waals surface area contributed by atoms with E-state index >= 15 is 0 Å². The first-order valence-corrected chi connectivity index (χ1v) is 7.99. The van der Waals surface area contributed by atoms with Crippen LogP contribution in [-0.4, -0.2) is 37.4 Å². The molecule has 6 heteroatoms. The van der Waals surface area contributed by atoms with Crippen molar-refractivity contribution in [2.45, 2.75) is 52.3 Å². The summed E-state index contributed by atoms with van der Waals surface area (Å²) in [5.41, 5.74) is 1.38. The number of hydrogen-bond donors (Lipinski definition) is 2. The summed E-state index contributed by atoms with van der Waals surface area (Å²) in [6, 6.07) is 6.85. The van der Waals surface area contributed by atoms with Gasteiger partial charge in [-0.3, -0.25) is 5.32 Å². The van der Waals surface area contributed by atoms with Crippen LogP contribution in [0.5, 0.6) is 0 Å². The minimum Gasteiger partial charge on any atom is -0.468 e. The van der Waals surface area contributed by atoms with E-state index in [9.17, 15) is 9.59 Å². The van der Waals surface area contributed by atoms with Gasteiger partial charge in [0.15, 0.2) is 0 Å². The summed E-state index contributed by atoms with van der Waals surface area (Å²) in [5, 5.41) is 5.86. The van der Waals surface area contributed by atoms with Crippen molar-refractivity contribution in [3.05, 3.63) is 35.4 Å². The van der Waals surface area contributed by atoms with Crippen LogP contribution in [0.2, 0.25) is 0 Å². The Hall–Kier alpha value is -2.08. The van der Waals surface area contributed by atoms with E-state index in [4.69, 9.17) is 9.47 Å². The number of rotatable bonds is 6. The van der Waals surface area contributed by atoms with Crippen LogP contribution in [0.1, 0.15) is 44.9 Å². The summed E-state index contributed by atoms with van der Waals surface area (Å²) in [7, 11) is 1.35. The van der Waals surface area contributed by atoms with Gasteiger partial charge in [-0.15, -0.1) is 0 Å². The molecule has 0 fully saturated rings. The van der Waals surface area contributed by atoms with E-state index in [0.717, 1.165) is 11.1 Å². The lowest BCUT2D eigenvalue weighted by Crippen LogP contribution is -2.44. The molecule has 1 aromatic rings. The van der Waals surface area contributed by atoms with E-state index in [2.05, 4.69) is 10.6 Å². The molecule has 0 aliphatic heterocycles. The van der Waals surface area contributed by atoms with Gasteiger partial charge in [0, 0.05) is 12.6 Å². The van der Waals surface area contributed by atoms with Gasteiger partial charge in [-0.1, -0.05) is 29.8 Å². The van der Waals surface area contributed by atoms with Crippen molar-refractivity contribution in [3.63, 3.8) is 0 Å². The number of nitrogens with one attached hydrogen (secondary N) is 2. The third-order valence-corrected chi connectivity index (χ3v) is 3.24. The molecule has 2 unspecified atom stereocenters. The number of amides is 1. The van der Waals surface area contributed by atoms with Crippen LogP contribution in [0.25, 0.3) is 0 Å². The number of carbonyl (C=O) groups is 2. The van der Waals surface area contributed by atoms with Crippen LogP contribution in [0.3, 0.4) is 0 Å². The Morgan fingerprint density at radius 1 is 1.17 bits per heavy atom. The van der Waals surface area contributed by atoms with E-state index < -0.39 is 17.7 Å². The van der Waals surface area contributed by atoms with E-state index in [0.29, 0.717) is 6.54 Å². The topological polar surface area (TPSA) is 76.7 Å². The minimum atomic E-state index is -0.585. The third kappa shape index (κ3) is 7.00. The van der Waals surface area contributed by atoms with Gasteiger partial charge in [-0.05, 0) is 40.2 Å². The maximum absolute atomic E-state index is 12.0. The molecular formula is C18H28N2O4. The van der Waals surface area contributed by atoms with E-state index in [1.54, 1.807) is 20.8 Å². The second-order valence-corrected chi connectivity index (χ2v) is 6.82. The van der Waals surface area contributed by atoms with Crippen LogP contribution in [0, 0.1) is 6.92 Å². The first kappa shape index (κ1) is 20.0. The van der Waals surface area contributed by atoms with Crippen LogP contribution >= 0.6 is 0 Å². The van der Waals surface area contributed by atoms with Crippen molar-refractivity contribution >= 4 is 12.1 Å². The average Bonchev–Trinajstić information content (AvgIpc) is 2.46. The van der Waals surface area contributed by atoms with Crippen molar-refractivity contribution in [1.82, 2.24) is 10.6 Å². The Kier molecular flexibility index (Phi) is 7.22. The number of carbonyl (C=O) groups excluding carboxylic acids is 2. The maximum Gasteiger partial charge on any atom is 0.407 e. The first-order chi connectivity index (χ1) is 11.1. The lowest BCUT2D eigenvalue weighted by molar-refractivity contribution is -0.143. The maximum atomic E-state index is 12.0. The first-order valence-electron chi connectivity index (χ1n) is 7.99. The highest BCUT2D eigenvalue weighted by molar-refractivity contribution is 5.77. The van der Waals surface area contributed by atoms with Gasteiger partial charge < -0.3 is 14.8 Å². The molecule has 24 heavy (non-hydrogen) atoms. The molecule has 0 aliphatic carbocycles. The van der Waals surface area contributed by atoms with Gasteiger partial charge in [0.2, 0.25) is 0 Å². The zero-order chi connectivity index (χ0) is 18.3. The zero-order valence-electron chi connectivity index (χ0n) is 15.3. The molecule has 0 bridgehead atoms. The number of ether oxygens (including phenoxy) is 2. The molecular weight excluding hydrogens is 308 g/mol. The molecule has 6 nitrogen and oxygen atoms in total. The molecule has 1 rings (SSSR count). The monoisotopic (exact) mass is 336 g/mol. The highest BCUT2D eigenvalue weighted by Crippen LogP contribution is 2.15. The standard InChI is InChI=1S/C18H28N2O4/c1-12-7-9-14(10-8-12)15(16(21)23-6)19-11-13(2)20-17(22)24-18(3,4)5/h7-10,13,15,19H,11H2,1-6H3,(H,20,22). The van der Waals surface area contributed by atoms with E-state index in [-0.39, 0.29) is 12.0 Å². The molecule has 0 aromatic heterocycles. The minimum absolute atomic E-state index is 0.211. The van der Waals surface area contributed by atoms with Crippen LogP contribution < -0.4 is 10.6 Å². The van der Waals surface area contributed by atoms with Gasteiger partial charge in [0.25, 0.3) is 0 Å². The molecule has 2 N–H and O–H groups in total. The lowest BCUT2D eigenvalue weighted by atomic mass is 10.0. The van der Waals surface area contributed by atoms with Crippen molar-refractivity contribution in [1.29, 1.82) is 0 Å².